The van der Waals surface area contributed by atoms with E-state index in [1.807, 2.05) is 36.4 Å². The molecule has 0 aliphatic rings. The number of carbonyl (C=O) groups is 1. The highest BCUT2D eigenvalue weighted by molar-refractivity contribution is 6.03. The third-order valence-electron chi connectivity index (χ3n) is 2.69. The number of benzene rings is 1. The predicted octanol–water partition coefficient (Wildman–Crippen LogP) is 2.68. The first-order valence-electron chi connectivity index (χ1n) is 5.90. The van der Waals surface area contributed by atoms with E-state index in [1.54, 1.807) is 13.2 Å². The van der Waals surface area contributed by atoms with E-state index in [0.29, 0.717) is 17.9 Å². The van der Waals surface area contributed by atoms with Crippen molar-refractivity contribution >= 4 is 22.9 Å². The van der Waals surface area contributed by atoms with Crippen LogP contribution in [0.3, 0.4) is 0 Å². The zero-order valence-corrected chi connectivity index (χ0v) is 10.9. The average Bonchev–Trinajstić information content (AvgIpc) is 2.46. The van der Waals surface area contributed by atoms with Crippen molar-refractivity contribution in [3.63, 3.8) is 0 Å². The van der Waals surface area contributed by atoms with Crippen molar-refractivity contribution in [3.05, 3.63) is 47.7 Å². The van der Waals surface area contributed by atoms with Gasteiger partial charge >= 0.3 is 5.97 Å². The summed E-state index contributed by atoms with van der Waals surface area (Å²) >= 11 is 0. The number of fused-ring (bicyclic) bond motifs is 1. The van der Waals surface area contributed by atoms with Gasteiger partial charge < -0.3 is 9.47 Å². The molecule has 19 heavy (non-hydrogen) atoms. The van der Waals surface area contributed by atoms with Crippen LogP contribution in [-0.2, 0) is 9.47 Å². The van der Waals surface area contributed by atoms with Gasteiger partial charge in [-0.3, -0.25) is 0 Å². The monoisotopic (exact) mass is 257 g/mol. The van der Waals surface area contributed by atoms with E-state index in [2.05, 4.69) is 4.98 Å². The van der Waals surface area contributed by atoms with Crippen molar-refractivity contribution in [2.45, 2.75) is 0 Å². The normalized spacial score (nSPS) is 11.1. The predicted molar refractivity (Wildman–Crippen MR) is 74.0 cm³/mol. The average molecular weight is 257 g/mol. The molecule has 2 rings (SSSR count). The summed E-state index contributed by atoms with van der Waals surface area (Å²) in [6.45, 7) is 0.502. The Morgan fingerprint density at radius 1 is 1.32 bits per heavy atom. The van der Waals surface area contributed by atoms with Gasteiger partial charge in [-0.1, -0.05) is 24.3 Å². The first-order chi connectivity index (χ1) is 9.26. The molecular formula is C15H15NO3. The summed E-state index contributed by atoms with van der Waals surface area (Å²) in [5.41, 5.74) is 1.99. The van der Waals surface area contributed by atoms with Gasteiger partial charge in [0.25, 0.3) is 0 Å². The molecule has 4 heteroatoms. The number of ether oxygens (including phenoxy) is 2. The summed E-state index contributed by atoms with van der Waals surface area (Å²) in [6, 6.07) is 9.21. The van der Waals surface area contributed by atoms with Gasteiger partial charge in [-0.25, -0.2) is 9.78 Å². The maximum Gasteiger partial charge on any atom is 0.338 e. The molecule has 0 spiro atoms. The van der Waals surface area contributed by atoms with Crippen LogP contribution >= 0.6 is 0 Å². The lowest BCUT2D eigenvalue weighted by molar-refractivity contribution is 0.0603. The van der Waals surface area contributed by atoms with Crippen LogP contribution < -0.4 is 0 Å². The number of methoxy groups -OCH3 is 2. The van der Waals surface area contributed by atoms with Gasteiger partial charge in [0.05, 0.1) is 30.5 Å². The number of hydrogen-bond acceptors (Lipinski definition) is 4. The molecule has 0 N–H and O–H groups in total. The van der Waals surface area contributed by atoms with E-state index >= 15 is 0 Å². The van der Waals surface area contributed by atoms with Gasteiger partial charge in [-0.05, 0) is 18.2 Å². The molecule has 0 aliphatic heterocycles. The van der Waals surface area contributed by atoms with Gasteiger partial charge in [-0.15, -0.1) is 0 Å². The number of carbonyl (C=O) groups excluding carboxylic acids is 1. The van der Waals surface area contributed by atoms with E-state index in [4.69, 9.17) is 9.47 Å². The summed E-state index contributed by atoms with van der Waals surface area (Å²) in [5.74, 6) is -0.361. The Bertz CT molecular complexity index is 620. The second kappa shape index (κ2) is 6.11. The zero-order chi connectivity index (χ0) is 13.7. The van der Waals surface area contributed by atoms with Crippen molar-refractivity contribution in [2.24, 2.45) is 0 Å². The fraction of sp³-hybridized carbons (Fsp3) is 0.200. The van der Waals surface area contributed by atoms with Crippen LogP contribution in [0.1, 0.15) is 16.1 Å². The fourth-order valence-electron chi connectivity index (χ4n) is 1.83. The summed E-state index contributed by atoms with van der Waals surface area (Å²) < 4.78 is 9.75. The molecule has 0 saturated heterocycles. The molecule has 0 atom stereocenters. The summed E-state index contributed by atoms with van der Waals surface area (Å²) in [4.78, 5) is 16.3. The Hall–Kier alpha value is -2.20. The highest BCUT2D eigenvalue weighted by Crippen LogP contribution is 2.19. The van der Waals surface area contributed by atoms with Crippen LogP contribution in [0.5, 0.6) is 0 Å². The highest BCUT2D eigenvalue weighted by atomic mass is 16.5. The van der Waals surface area contributed by atoms with Crippen molar-refractivity contribution < 1.29 is 14.3 Å². The molecular weight excluding hydrogens is 242 g/mol. The maximum absolute atomic E-state index is 11.8. The quantitative estimate of drug-likeness (QED) is 0.790. The number of aromatic nitrogens is 1. The van der Waals surface area contributed by atoms with Gasteiger partial charge in [-0.2, -0.15) is 0 Å². The second-order valence-electron chi connectivity index (χ2n) is 3.96. The van der Waals surface area contributed by atoms with Crippen LogP contribution in [0, 0.1) is 0 Å². The molecule has 1 aromatic carbocycles. The van der Waals surface area contributed by atoms with Crippen molar-refractivity contribution in [1.82, 2.24) is 4.98 Å². The van der Waals surface area contributed by atoms with Gasteiger partial charge in [0.1, 0.15) is 0 Å². The van der Waals surface area contributed by atoms with Crippen LogP contribution in [0.25, 0.3) is 17.0 Å². The van der Waals surface area contributed by atoms with Crippen LogP contribution in [0.15, 0.2) is 36.4 Å². The van der Waals surface area contributed by atoms with Crippen LogP contribution in [-0.4, -0.2) is 31.8 Å². The molecule has 1 aromatic heterocycles. The molecule has 4 nitrogen and oxygen atoms in total. The number of hydrogen-bond donors (Lipinski definition) is 0. The molecule has 0 fully saturated rings. The largest absolute Gasteiger partial charge is 0.465 e. The zero-order valence-electron chi connectivity index (χ0n) is 10.9. The molecule has 2 aromatic rings. The first-order valence-corrected chi connectivity index (χ1v) is 5.90. The topological polar surface area (TPSA) is 48.4 Å². The lowest BCUT2D eigenvalue weighted by atomic mass is 10.1. The minimum atomic E-state index is -0.361. The highest BCUT2D eigenvalue weighted by Gasteiger charge is 2.11. The first kappa shape index (κ1) is 13.2. The van der Waals surface area contributed by atoms with Gasteiger partial charge in [0.15, 0.2) is 0 Å². The minimum absolute atomic E-state index is 0.361. The molecule has 0 aliphatic carbocycles. The number of para-hydroxylation sites is 1. The summed E-state index contributed by atoms with van der Waals surface area (Å²) in [5, 5.41) is 0.790. The third-order valence-corrected chi connectivity index (χ3v) is 2.69. The molecule has 0 saturated carbocycles. The Morgan fingerprint density at radius 3 is 2.84 bits per heavy atom. The lowest BCUT2D eigenvalue weighted by Gasteiger charge is -2.06. The van der Waals surface area contributed by atoms with E-state index < -0.39 is 0 Å². The lowest BCUT2D eigenvalue weighted by Crippen LogP contribution is -2.03. The van der Waals surface area contributed by atoms with Crippen molar-refractivity contribution in [2.75, 3.05) is 20.8 Å². The maximum atomic E-state index is 11.8. The van der Waals surface area contributed by atoms with E-state index in [-0.39, 0.29) is 5.97 Å². The molecule has 0 unspecified atom stereocenters. The van der Waals surface area contributed by atoms with Crippen LogP contribution in [0.4, 0.5) is 0 Å². The van der Waals surface area contributed by atoms with Crippen molar-refractivity contribution in [3.8, 4) is 0 Å². The molecule has 1 heterocycles. The molecule has 98 valence electrons. The van der Waals surface area contributed by atoms with E-state index in [1.165, 1.54) is 7.11 Å². The van der Waals surface area contributed by atoms with Crippen molar-refractivity contribution in [1.29, 1.82) is 0 Å². The smallest absolute Gasteiger partial charge is 0.338 e. The Labute approximate surface area is 111 Å². The molecule has 0 amide bonds. The van der Waals surface area contributed by atoms with Gasteiger partial charge in [0.2, 0.25) is 0 Å². The number of rotatable bonds is 4. The number of pyridine rings is 1. The van der Waals surface area contributed by atoms with E-state index in [9.17, 15) is 4.79 Å². The Morgan fingerprint density at radius 2 is 2.11 bits per heavy atom. The molecule has 0 bridgehead atoms. The molecule has 0 radical (unpaired) electrons. The summed E-state index contributed by atoms with van der Waals surface area (Å²) in [7, 11) is 3.00. The standard InChI is InChI=1S/C15H15NO3/c1-18-9-5-6-11-10-13(15(17)19-2)12-7-3-4-8-14(12)16-11/h3-8,10H,9H2,1-2H3. The fourth-order valence-corrected chi connectivity index (χ4v) is 1.83. The Balaban J connectivity index is 2.53. The second-order valence-corrected chi connectivity index (χ2v) is 3.96. The van der Waals surface area contributed by atoms with E-state index in [0.717, 1.165) is 10.9 Å². The number of esters is 1. The van der Waals surface area contributed by atoms with Crippen LogP contribution in [0.2, 0.25) is 0 Å². The van der Waals surface area contributed by atoms with Gasteiger partial charge in [0, 0.05) is 12.5 Å². The number of nitrogens with zero attached hydrogens (tertiary/aromatic N) is 1. The summed E-state index contributed by atoms with van der Waals surface area (Å²) in [6.07, 6.45) is 3.67. The third kappa shape index (κ3) is 2.98. The SMILES string of the molecule is COCC=Cc1cc(C(=O)OC)c2ccccc2n1. The Kier molecular flexibility index (Phi) is 4.26. The minimum Gasteiger partial charge on any atom is -0.465 e.